The van der Waals surface area contributed by atoms with E-state index in [0.29, 0.717) is 22.8 Å². The number of esters is 2. The smallest absolute Gasteiger partial charge is 0.348 e. The molecule has 2 heterocycles. The Labute approximate surface area is 154 Å². The van der Waals surface area contributed by atoms with Crippen molar-refractivity contribution in [2.75, 3.05) is 19.0 Å². The van der Waals surface area contributed by atoms with Crippen LogP contribution >= 0.6 is 11.3 Å². The lowest BCUT2D eigenvalue weighted by Gasteiger charge is -2.21. The molecule has 3 N–H and O–H groups in total. The first-order chi connectivity index (χ1) is 12.4. The molecule has 2 aromatic rings. The molecule has 1 aromatic heterocycles. The second-order valence-corrected chi connectivity index (χ2v) is 6.71. The van der Waals surface area contributed by atoms with Gasteiger partial charge in [0.15, 0.2) is 6.29 Å². The van der Waals surface area contributed by atoms with Gasteiger partial charge in [0, 0.05) is 11.1 Å². The van der Waals surface area contributed by atoms with Gasteiger partial charge in [-0.05, 0) is 37.6 Å². The maximum absolute atomic E-state index is 12.1. The highest BCUT2D eigenvalue weighted by molar-refractivity contribution is 7.18. The van der Waals surface area contributed by atoms with Crippen LogP contribution in [0.5, 0.6) is 0 Å². The summed E-state index contributed by atoms with van der Waals surface area (Å²) in [6.45, 7) is 3.98. The fraction of sp³-hybridized carbons (Fsp3) is 0.278. The number of carbonyl (C=O) groups excluding carboxylic acids is 2. The standard InChI is InChI=1S/C18H19N3O4S/c1-4-25-17(23)13-8-12-14(20-18(19)21-15(12)26-13)11-7-10(16(22)24-3)6-5-9(11)2/h5-8,18,21H,4,19H2,1-3H3. The second-order valence-electron chi connectivity index (χ2n) is 5.66. The van der Waals surface area contributed by atoms with Crippen LogP contribution in [0.2, 0.25) is 0 Å². The molecule has 136 valence electrons. The lowest BCUT2D eigenvalue weighted by atomic mass is 9.96. The van der Waals surface area contributed by atoms with Gasteiger partial charge in [0.2, 0.25) is 0 Å². The fourth-order valence-electron chi connectivity index (χ4n) is 2.69. The summed E-state index contributed by atoms with van der Waals surface area (Å²) in [5.41, 5.74) is 9.49. The number of aryl methyl sites for hydroxylation is 1. The van der Waals surface area contributed by atoms with Crippen molar-refractivity contribution in [3.8, 4) is 0 Å². The molecule has 0 bridgehead atoms. The van der Waals surface area contributed by atoms with Crippen molar-refractivity contribution in [2.24, 2.45) is 10.7 Å². The maximum Gasteiger partial charge on any atom is 0.348 e. The summed E-state index contributed by atoms with van der Waals surface area (Å²) in [5, 5.41) is 3.80. The van der Waals surface area contributed by atoms with Crippen LogP contribution in [0.3, 0.4) is 0 Å². The minimum absolute atomic E-state index is 0.301. The van der Waals surface area contributed by atoms with Gasteiger partial charge in [-0.15, -0.1) is 11.3 Å². The Balaban J connectivity index is 2.09. The lowest BCUT2D eigenvalue weighted by Crippen LogP contribution is -2.32. The third-order valence-corrected chi connectivity index (χ3v) is 4.97. The first-order valence-corrected chi connectivity index (χ1v) is 8.86. The number of methoxy groups -OCH3 is 1. The van der Waals surface area contributed by atoms with Gasteiger partial charge < -0.3 is 14.8 Å². The molecule has 1 atom stereocenters. The van der Waals surface area contributed by atoms with E-state index in [1.807, 2.05) is 13.0 Å². The molecule has 1 aliphatic rings. The van der Waals surface area contributed by atoms with E-state index in [4.69, 9.17) is 15.2 Å². The number of nitrogens with two attached hydrogens (primary N) is 1. The van der Waals surface area contributed by atoms with Gasteiger partial charge in [-0.2, -0.15) is 0 Å². The molecule has 0 saturated carbocycles. The molecule has 8 heteroatoms. The summed E-state index contributed by atoms with van der Waals surface area (Å²) in [6, 6.07) is 6.99. The van der Waals surface area contributed by atoms with Crippen LogP contribution in [-0.2, 0) is 9.47 Å². The average molecular weight is 373 g/mol. The number of hydrogen-bond donors (Lipinski definition) is 2. The molecule has 0 aliphatic carbocycles. The highest BCUT2D eigenvalue weighted by Crippen LogP contribution is 2.34. The SMILES string of the molecule is CCOC(=O)c1cc2c(s1)NC(N)N=C2c1cc(C(=O)OC)ccc1C. The monoisotopic (exact) mass is 373 g/mol. The van der Waals surface area contributed by atoms with Gasteiger partial charge in [-0.3, -0.25) is 5.73 Å². The molecule has 0 saturated heterocycles. The number of nitrogens with zero attached hydrogens (tertiary/aromatic N) is 1. The number of nitrogens with one attached hydrogen (secondary N) is 1. The Kier molecular flexibility index (Phi) is 5.06. The Morgan fingerprint density at radius 2 is 2.04 bits per heavy atom. The normalized spacial score (nSPS) is 15.5. The molecule has 0 spiro atoms. The van der Waals surface area contributed by atoms with Crippen molar-refractivity contribution in [3.05, 3.63) is 51.4 Å². The molecule has 3 rings (SSSR count). The van der Waals surface area contributed by atoms with Gasteiger partial charge in [-0.1, -0.05) is 6.07 Å². The van der Waals surface area contributed by atoms with E-state index >= 15 is 0 Å². The highest BCUT2D eigenvalue weighted by Gasteiger charge is 2.26. The number of ether oxygens (including phenoxy) is 2. The van der Waals surface area contributed by atoms with E-state index in [1.165, 1.54) is 18.4 Å². The molecule has 0 amide bonds. The van der Waals surface area contributed by atoms with E-state index in [2.05, 4.69) is 10.3 Å². The first kappa shape index (κ1) is 18.1. The quantitative estimate of drug-likeness (QED) is 0.799. The van der Waals surface area contributed by atoms with Crippen molar-refractivity contribution in [1.29, 1.82) is 0 Å². The summed E-state index contributed by atoms with van der Waals surface area (Å²) in [4.78, 5) is 28.9. The van der Waals surface area contributed by atoms with E-state index in [0.717, 1.165) is 21.7 Å². The zero-order valence-electron chi connectivity index (χ0n) is 14.7. The lowest BCUT2D eigenvalue weighted by molar-refractivity contribution is 0.0531. The zero-order valence-corrected chi connectivity index (χ0v) is 15.5. The van der Waals surface area contributed by atoms with E-state index in [1.54, 1.807) is 25.1 Å². The van der Waals surface area contributed by atoms with Crippen molar-refractivity contribution in [2.45, 2.75) is 20.1 Å². The molecule has 0 radical (unpaired) electrons. The minimum Gasteiger partial charge on any atom is -0.465 e. The Hall–Kier alpha value is -2.71. The number of anilines is 1. The van der Waals surface area contributed by atoms with E-state index in [9.17, 15) is 9.59 Å². The number of fused-ring (bicyclic) bond motifs is 1. The first-order valence-electron chi connectivity index (χ1n) is 8.05. The van der Waals surface area contributed by atoms with E-state index < -0.39 is 12.3 Å². The Morgan fingerprint density at radius 1 is 1.27 bits per heavy atom. The van der Waals surface area contributed by atoms with Crippen LogP contribution in [0.15, 0.2) is 29.3 Å². The molecular formula is C18H19N3O4S. The predicted molar refractivity (Wildman–Crippen MR) is 100 cm³/mol. The average Bonchev–Trinajstić information content (AvgIpc) is 3.05. The van der Waals surface area contributed by atoms with Crippen molar-refractivity contribution < 1.29 is 19.1 Å². The number of rotatable bonds is 4. The van der Waals surface area contributed by atoms with Crippen LogP contribution in [0.25, 0.3) is 0 Å². The number of aliphatic imine (C=N–C) groups is 1. The fourth-order valence-corrected chi connectivity index (χ4v) is 3.67. The number of thiophene rings is 1. The third-order valence-electron chi connectivity index (χ3n) is 3.92. The minimum atomic E-state index is -0.646. The number of carbonyl (C=O) groups is 2. The van der Waals surface area contributed by atoms with Gasteiger partial charge in [0.1, 0.15) is 9.88 Å². The summed E-state index contributed by atoms with van der Waals surface area (Å²) >= 11 is 1.27. The maximum atomic E-state index is 12.1. The largest absolute Gasteiger partial charge is 0.465 e. The molecule has 1 aromatic carbocycles. The van der Waals surface area contributed by atoms with Crippen molar-refractivity contribution in [3.63, 3.8) is 0 Å². The zero-order chi connectivity index (χ0) is 18.8. The Bertz CT molecular complexity index is 904. The molecule has 26 heavy (non-hydrogen) atoms. The molecule has 7 nitrogen and oxygen atoms in total. The molecule has 1 aliphatic heterocycles. The molecular weight excluding hydrogens is 354 g/mol. The molecule has 0 fully saturated rings. The predicted octanol–water partition coefficient (Wildman–Crippen LogP) is 2.53. The summed E-state index contributed by atoms with van der Waals surface area (Å²) in [6.07, 6.45) is -0.646. The van der Waals surface area contributed by atoms with Crippen LogP contribution in [0.1, 0.15) is 43.6 Å². The number of benzene rings is 1. The van der Waals surface area contributed by atoms with Crippen LogP contribution < -0.4 is 11.1 Å². The second kappa shape index (κ2) is 7.27. The van der Waals surface area contributed by atoms with Crippen molar-refractivity contribution >= 4 is 34.0 Å². The number of hydrogen-bond acceptors (Lipinski definition) is 8. The van der Waals surface area contributed by atoms with Gasteiger partial charge in [0.25, 0.3) is 0 Å². The van der Waals surface area contributed by atoms with Crippen LogP contribution in [0, 0.1) is 6.92 Å². The summed E-state index contributed by atoms with van der Waals surface area (Å²) in [7, 11) is 1.34. The van der Waals surface area contributed by atoms with E-state index in [-0.39, 0.29) is 5.97 Å². The molecule has 1 unspecified atom stereocenters. The topological polar surface area (TPSA) is 103 Å². The van der Waals surface area contributed by atoms with Gasteiger partial charge in [-0.25, -0.2) is 14.6 Å². The highest BCUT2D eigenvalue weighted by atomic mass is 32.1. The van der Waals surface area contributed by atoms with Gasteiger partial charge >= 0.3 is 11.9 Å². The summed E-state index contributed by atoms with van der Waals surface area (Å²) < 4.78 is 9.87. The van der Waals surface area contributed by atoms with Gasteiger partial charge in [0.05, 0.1) is 25.0 Å². The van der Waals surface area contributed by atoms with Crippen molar-refractivity contribution in [1.82, 2.24) is 0 Å². The summed E-state index contributed by atoms with van der Waals surface area (Å²) in [5.74, 6) is -0.815. The van der Waals surface area contributed by atoms with Crippen LogP contribution in [0.4, 0.5) is 5.00 Å². The van der Waals surface area contributed by atoms with Crippen LogP contribution in [-0.4, -0.2) is 37.7 Å². The Morgan fingerprint density at radius 3 is 2.73 bits per heavy atom. The third kappa shape index (κ3) is 3.33.